The van der Waals surface area contributed by atoms with Crippen molar-refractivity contribution < 1.29 is 4.74 Å². The fourth-order valence-corrected chi connectivity index (χ4v) is 3.98. The summed E-state index contributed by atoms with van der Waals surface area (Å²) >= 11 is 9.01. The van der Waals surface area contributed by atoms with Gasteiger partial charge in [0.2, 0.25) is 0 Å². The van der Waals surface area contributed by atoms with E-state index >= 15 is 0 Å². The molecule has 1 aromatic heterocycles. The monoisotopic (exact) mass is 388 g/mol. The average molecular weight is 390 g/mol. The molecular weight excluding hydrogens is 376 g/mol. The lowest BCUT2D eigenvalue weighted by molar-refractivity contribution is 0.337. The van der Waals surface area contributed by atoms with Crippen LogP contribution in [0.5, 0.6) is 5.75 Å². The number of benzene rings is 1. The van der Waals surface area contributed by atoms with E-state index in [0.29, 0.717) is 6.61 Å². The fourth-order valence-electron chi connectivity index (χ4n) is 1.77. The molecule has 0 aliphatic heterocycles. The molecule has 0 saturated carbocycles. The van der Waals surface area contributed by atoms with Crippen LogP contribution >= 0.6 is 43.2 Å². The lowest BCUT2D eigenvalue weighted by Gasteiger charge is -2.15. The van der Waals surface area contributed by atoms with Gasteiger partial charge in [-0.05, 0) is 48.0 Å². The maximum atomic E-state index is 5.70. The Morgan fingerprint density at radius 2 is 2.06 bits per heavy atom. The van der Waals surface area contributed by atoms with Crippen LogP contribution in [0.25, 0.3) is 0 Å². The number of hydrogen-bond acceptors (Lipinski definition) is 2. The van der Waals surface area contributed by atoms with Crippen molar-refractivity contribution in [2.24, 2.45) is 0 Å². The summed E-state index contributed by atoms with van der Waals surface area (Å²) in [5, 5.41) is 0. The Labute approximate surface area is 128 Å². The van der Waals surface area contributed by atoms with Crippen molar-refractivity contribution in [1.29, 1.82) is 0 Å². The fraction of sp³-hybridized carbons (Fsp3) is 0.286. The van der Waals surface area contributed by atoms with E-state index < -0.39 is 0 Å². The number of rotatable bonds is 4. The Morgan fingerprint density at radius 1 is 1.28 bits per heavy atom. The van der Waals surface area contributed by atoms with Crippen LogP contribution in [0.3, 0.4) is 0 Å². The molecule has 0 bridgehead atoms. The van der Waals surface area contributed by atoms with Gasteiger partial charge in [0.15, 0.2) is 0 Å². The maximum absolute atomic E-state index is 5.70. The third-order valence-corrected chi connectivity index (χ3v) is 5.56. The topological polar surface area (TPSA) is 9.23 Å². The molecule has 0 spiro atoms. The Kier molecular flexibility index (Phi) is 4.87. The van der Waals surface area contributed by atoms with Crippen molar-refractivity contribution in [3.05, 3.63) is 50.1 Å². The van der Waals surface area contributed by atoms with E-state index in [9.17, 15) is 0 Å². The van der Waals surface area contributed by atoms with Crippen LogP contribution in [0.4, 0.5) is 0 Å². The Bertz CT molecular complexity index is 536. The second kappa shape index (κ2) is 6.22. The van der Waals surface area contributed by atoms with Crippen LogP contribution in [0, 0.1) is 6.92 Å². The summed E-state index contributed by atoms with van der Waals surface area (Å²) in [4.78, 5) is 1.45. The molecular formula is C14H14Br2OS. The zero-order chi connectivity index (χ0) is 13.1. The first-order valence-electron chi connectivity index (χ1n) is 5.74. The van der Waals surface area contributed by atoms with Gasteiger partial charge in [-0.15, -0.1) is 11.3 Å². The first kappa shape index (κ1) is 14.1. The standard InChI is InChI=1S/C14H14Br2OS/c1-3-17-11-5-4-9(2)8-10(11)14(16)12-6-7-13(15)18-12/h4-8,14H,3H2,1-2H3. The number of thiophene rings is 1. The van der Waals surface area contributed by atoms with E-state index in [0.717, 1.165) is 9.54 Å². The molecule has 1 unspecified atom stereocenters. The molecule has 0 saturated heterocycles. The second-order valence-electron chi connectivity index (χ2n) is 3.98. The van der Waals surface area contributed by atoms with Crippen molar-refractivity contribution in [3.63, 3.8) is 0 Å². The molecule has 4 heteroatoms. The van der Waals surface area contributed by atoms with Crippen LogP contribution in [0.15, 0.2) is 34.1 Å². The SMILES string of the molecule is CCOc1ccc(C)cc1C(Br)c1ccc(Br)s1. The van der Waals surface area contributed by atoms with Crippen molar-refractivity contribution >= 4 is 43.2 Å². The minimum atomic E-state index is 0.176. The van der Waals surface area contributed by atoms with E-state index in [1.165, 1.54) is 16.0 Å². The van der Waals surface area contributed by atoms with Crippen molar-refractivity contribution in [3.8, 4) is 5.75 Å². The quantitative estimate of drug-likeness (QED) is 0.609. The molecule has 1 atom stereocenters. The number of ether oxygens (including phenoxy) is 1. The zero-order valence-electron chi connectivity index (χ0n) is 10.2. The zero-order valence-corrected chi connectivity index (χ0v) is 14.2. The normalized spacial score (nSPS) is 12.4. The van der Waals surface area contributed by atoms with Crippen molar-refractivity contribution in [2.75, 3.05) is 6.61 Å². The van der Waals surface area contributed by atoms with Gasteiger partial charge < -0.3 is 4.74 Å². The van der Waals surface area contributed by atoms with Gasteiger partial charge in [-0.25, -0.2) is 0 Å². The van der Waals surface area contributed by atoms with Crippen LogP contribution in [-0.2, 0) is 0 Å². The van der Waals surface area contributed by atoms with E-state index in [1.807, 2.05) is 13.0 Å². The lowest BCUT2D eigenvalue weighted by Crippen LogP contribution is -1.99. The molecule has 0 radical (unpaired) electrons. The first-order chi connectivity index (χ1) is 8.61. The molecule has 0 N–H and O–H groups in total. The molecule has 0 fully saturated rings. The number of alkyl halides is 1. The van der Waals surface area contributed by atoms with Crippen LogP contribution < -0.4 is 4.74 Å². The van der Waals surface area contributed by atoms with Crippen LogP contribution in [0.1, 0.15) is 27.8 Å². The lowest BCUT2D eigenvalue weighted by atomic mass is 10.1. The molecule has 0 aliphatic carbocycles. The van der Waals surface area contributed by atoms with Crippen molar-refractivity contribution in [1.82, 2.24) is 0 Å². The Morgan fingerprint density at radius 3 is 2.67 bits per heavy atom. The highest BCUT2D eigenvalue weighted by Gasteiger charge is 2.17. The number of aryl methyl sites for hydroxylation is 1. The third kappa shape index (κ3) is 3.16. The highest BCUT2D eigenvalue weighted by molar-refractivity contribution is 9.11. The minimum absolute atomic E-state index is 0.176. The Hall–Kier alpha value is -0.320. The number of halogens is 2. The molecule has 1 aromatic carbocycles. The second-order valence-corrected chi connectivity index (χ2v) is 7.39. The van der Waals surface area contributed by atoms with Gasteiger partial charge in [0.1, 0.15) is 5.75 Å². The number of hydrogen-bond donors (Lipinski definition) is 0. The highest BCUT2D eigenvalue weighted by atomic mass is 79.9. The molecule has 18 heavy (non-hydrogen) atoms. The molecule has 2 rings (SSSR count). The first-order valence-corrected chi connectivity index (χ1v) is 8.27. The van der Waals surface area contributed by atoms with Gasteiger partial charge in [0, 0.05) is 10.4 Å². The maximum Gasteiger partial charge on any atom is 0.123 e. The average Bonchev–Trinajstić information content (AvgIpc) is 2.77. The summed E-state index contributed by atoms with van der Waals surface area (Å²) in [7, 11) is 0. The van der Waals surface area contributed by atoms with Crippen LogP contribution in [0.2, 0.25) is 0 Å². The largest absolute Gasteiger partial charge is 0.494 e. The van der Waals surface area contributed by atoms with E-state index in [-0.39, 0.29) is 4.83 Å². The summed E-state index contributed by atoms with van der Waals surface area (Å²) < 4.78 is 6.85. The predicted octanol–water partition coefficient (Wildman–Crippen LogP) is 5.70. The smallest absolute Gasteiger partial charge is 0.123 e. The van der Waals surface area contributed by atoms with Gasteiger partial charge in [-0.1, -0.05) is 33.6 Å². The summed E-state index contributed by atoms with van der Waals surface area (Å²) in [6.45, 7) is 4.79. The van der Waals surface area contributed by atoms with Gasteiger partial charge in [0.05, 0.1) is 15.2 Å². The van der Waals surface area contributed by atoms with Gasteiger partial charge in [-0.2, -0.15) is 0 Å². The van der Waals surface area contributed by atoms with Gasteiger partial charge >= 0.3 is 0 Å². The van der Waals surface area contributed by atoms with Gasteiger partial charge in [0.25, 0.3) is 0 Å². The molecule has 96 valence electrons. The molecule has 2 aromatic rings. The van der Waals surface area contributed by atoms with E-state index in [1.54, 1.807) is 11.3 Å². The summed E-state index contributed by atoms with van der Waals surface area (Å²) in [6.07, 6.45) is 0. The van der Waals surface area contributed by atoms with Crippen molar-refractivity contribution in [2.45, 2.75) is 18.7 Å². The van der Waals surface area contributed by atoms with E-state index in [4.69, 9.17) is 4.74 Å². The van der Waals surface area contributed by atoms with Gasteiger partial charge in [-0.3, -0.25) is 0 Å². The molecule has 1 nitrogen and oxygen atoms in total. The Balaban J connectivity index is 2.39. The minimum Gasteiger partial charge on any atom is -0.494 e. The molecule has 0 amide bonds. The summed E-state index contributed by atoms with van der Waals surface area (Å²) in [5.41, 5.74) is 2.43. The van der Waals surface area contributed by atoms with Crippen LogP contribution in [-0.4, -0.2) is 6.61 Å². The molecule has 1 heterocycles. The third-order valence-electron chi connectivity index (χ3n) is 2.58. The highest BCUT2D eigenvalue weighted by Crippen LogP contribution is 2.41. The molecule has 0 aliphatic rings. The van der Waals surface area contributed by atoms with E-state index in [2.05, 4.69) is 63.0 Å². The predicted molar refractivity (Wildman–Crippen MR) is 85.1 cm³/mol. The summed E-state index contributed by atoms with van der Waals surface area (Å²) in [6, 6.07) is 10.5. The summed E-state index contributed by atoms with van der Waals surface area (Å²) in [5.74, 6) is 0.953.